The molecule has 2 aromatic carbocycles. The number of amides is 1. The first-order chi connectivity index (χ1) is 14.2. The molecule has 2 heterocycles. The van der Waals surface area contributed by atoms with Crippen molar-refractivity contribution < 1.29 is 9.21 Å². The Labute approximate surface area is 174 Å². The summed E-state index contributed by atoms with van der Waals surface area (Å²) in [4.78, 5) is 21.6. The number of furan rings is 1. The Morgan fingerprint density at radius 2 is 1.76 bits per heavy atom. The zero-order valence-corrected chi connectivity index (χ0v) is 17.1. The molecule has 148 valence electrons. The zero-order valence-electron chi connectivity index (χ0n) is 16.3. The second kappa shape index (κ2) is 9.03. The third-order valence-corrected chi connectivity index (χ3v) is 5.67. The van der Waals surface area contributed by atoms with Crippen LogP contribution in [0.5, 0.6) is 0 Å². The van der Waals surface area contributed by atoms with Crippen LogP contribution in [0.4, 0.5) is 0 Å². The monoisotopic (exact) mass is 405 g/mol. The maximum Gasteiger partial charge on any atom is 0.237 e. The molecule has 29 heavy (non-hydrogen) atoms. The fourth-order valence-corrected chi connectivity index (χ4v) is 4.28. The highest BCUT2D eigenvalue weighted by molar-refractivity contribution is 7.18. The maximum absolute atomic E-state index is 13.1. The van der Waals surface area contributed by atoms with Gasteiger partial charge in [-0.3, -0.25) is 9.69 Å². The molecule has 0 fully saturated rings. The number of carbonyl (C=O) groups is 1. The third-order valence-electron chi connectivity index (χ3n) is 4.64. The van der Waals surface area contributed by atoms with Gasteiger partial charge in [0, 0.05) is 6.54 Å². The van der Waals surface area contributed by atoms with E-state index >= 15 is 0 Å². The normalized spacial score (nSPS) is 11.2. The van der Waals surface area contributed by atoms with Crippen molar-refractivity contribution in [2.24, 2.45) is 0 Å². The van der Waals surface area contributed by atoms with Gasteiger partial charge < -0.3 is 9.32 Å². The summed E-state index contributed by atoms with van der Waals surface area (Å²) in [7, 11) is 1.96. The Morgan fingerprint density at radius 1 is 0.966 bits per heavy atom. The minimum absolute atomic E-state index is 0.0638. The highest BCUT2D eigenvalue weighted by Crippen LogP contribution is 2.22. The summed E-state index contributed by atoms with van der Waals surface area (Å²) < 4.78 is 6.64. The Bertz CT molecular complexity index is 1030. The molecule has 2 aromatic heterocycles. The van der Waals surface area contributed by atoms with Crippen LogP contribution in [0.3, 0.4) is 0 Å². The fourth-order valence-electron chi connectivity index (χ4n) is 3.23. The minimum atomic E-state index is 0.0638. The van der Waals surface area contributed by atoms with Crippen LogP contribution >= 0.6 is 11.3 Å². The number of aromatic nitrogens is 1. The number of nitrogens with zero attached hydrogens (tertiary/aromatic N) is 3. The van der Waals surface area contributed by atoms with E-state index in [2.05, 4.69) is 11.1 Å². The SMILES string of the molecule is CN(CC(=O)N(Cc1ccccc1)Cc1ccco1)Cc1nc2ccccc2s1. The molecule has 0 unspecified atom stereocenters. The van der Waals surface area contributed by atoms with Crippen molar-refractivity contribution in [1.29, 1.82) is 0 Å². The summed E-state index contributed by atoms with van der Waals surface area (Å²) in [6.45, 7) is 1.97. The van der Waals surface area contributed by atoms with E-state index in [4.69, 9.17) is 4.42 Å². The number of hydrogen-bond donors (Lipinski definition) is 0. The average Bonchev–Trinajstić information content (AvgIpc) is 3.37. The molecular weight excluding hydrogens is 382 g/mol. The van der Waals surface area contributed by atoms with Crippen LogP contribution in [0, 0.1) is 0 Å². The Kier molecular flexibility index (Phi) is 6.03. The van der Waals surface area contributed by atoms with E-state index in [9.17, 15) is 4.79 Å². The van der Waals surface area contributed by atoms with E-state index in [1.54, 1.807) is 17.6 Å². The second-order valence-corrected chi connectivity index (χ2v) is 8.18. The van der Waals surface area contributed by atoms with Crippen molar-refractivity contribution >= 4 is 27.5 Å². The lowest BCUT2D eigenvalue weighted by molar-refractivity contribution is -0.133. The lowest BCUT2D eigenvalue weighted by atomic mass is 10.2. The predicted molar refractivity (Wildman–Crippen MR) is 115 cm³/mol. The van der Waals surface area contributed by atoms with Crippen LogP contribution in [-0.2, 0) is 24.4 Å². The topological polar surface area (TPSA) is 49.6 Å². The van der Waals surface area contributed by atoms with Crippen molar-refractivity contribution in [2.45, 2.75) is 19.6 Å². The van der Waals surface area contributed by atoms with Crippen molar-refractivity contribution in [3.8, 4) is 0 Å². The number of rotatable bonds is 8. The number of para-hydroxylation sites is 1. The van der Waals surface area contributed by atoms with Gasteiger partial charge in [-0.15, -0.1) is 11.3 Å². The maximum atomic E-state index is 13.1. The summed E-state index contributed by atoms with van der Waals surface area (Å²) in [5.74, 6) is 0.844. The number of likely N-dealkylation sites (N-methyl/N-ethyl adjacent to an activating group) is 1. The molecule has 4 rings (SSSR count). The zero-order chi connectivity index (χ0) is 20.1. The van der Waals surface area contributed by atoms with E-state index in [1.807, 2.05) is 77.5 Å². The number of hydrogen-bond acceptors (Lipinski definition) is 5. The Balaban J connectivity index is 1.43. The molecule has 0 saturated carbocycles. The molecule has 1 amide bonds. The van der Waals surface area contributed by atoms with Crippen molar-refractivity contribution in [1.82, 2.24) is 14.8 Å². The average molecular weight is 406 g/mol. The van der Waals surface area contributed by atoms with E-state index in [1.165, 1.54) is 4.70 Å². The molecule has 0 aliphatic carbocycles. The molecule has 0 spiro atoms. The Morgan fingerprint density at radius 3 is 2.52 bits per heavy atom. The molecule has 0 bridgehead atoms. The summed E-state index contributed by atoms with van der Waals surface area (Å²) >= 11 is 1.67. The van der Waals surface area contributed by atoms with Crippen LogP contribution in [0.1, 0.15) is 16.3 Å². The van der Waals surface area contributed by atoms with Gasteiger partial charge in [0.25, 0.3) is 0 Å². The molecule has 0 saturated heterocycles. The van der Waals surface area contributed by atoms with Gasteiger partial charge in [-0.1, -0.05) is 42.5 Å². The molecule has 0 radical (unpaired) electrons. The lowest BCUT2D eigenvalue weighted by Crippen LogP contribution is -2.38. The summed E-state index contributed by atoms with van der Waals surface area (Å²) in [5.41, 5.74) is 2.11. The van der Waals surface area contributed by atoms with Gasteiger partial charge in [0.05, 0.1) is 36.1 Å². The van der Waals surface area contributed by atoms with Gasteiger partial charge in [0.2, 0.25) is 5.91 Å². The number of benzene rings is 2. The largest absolute Gasteiger partial charge is 0.467 e. The van der Waals surface area contributed by atoms with Crippen LogP contribution in [-0.4, -0.2) is 34.3 Å². The summed E-state index contributed by atoms with van der Waals surface area (Å²) in [6.07, 6.45) is 1.64. The van der Waals surface area contributed by atoms with Crippen LogP contribution in [0.25, 0.3) is 10.2 Å². The van der Waals surface area contributed by atoms with Gasteiger partial charge in [0.1, 0.15) is 10.8 Å². The van der Waals surface area contributed by atoms with Crippen molar-refractivity contribution in [2.75, 3.05) is 13.6 Å². The molecule has 5 nitrogen and oxygen atoms in total. The first kappa shape index (κ1) is 19.4. The van der Waals surface area contributed by atoms with Gasteiger partial charge in [-0.05, 0) is 36.9 Å². The third kappa shape index (κ3) is 5.10. The standard InChI is InChI=1S/C23H23N3O2S/c1-25(16-22-24-20-11-5-6-12-21(20)29-22)17-23(27)26(15-19-10-7-13-28-19)14-18-8-3-2-4-9-18/h2-13H,14-17H2,1H3. The predicted octanol–water partition coefficient (Wildman–Crippen LogP) is 4.55. The summed E-state index contributed by atoms with van der Waals surface area (Å²) in [6, 6.07) is 21.9. The summed E-state index contributed by atoms with van der Waals surface area (Å²) in [5, 5.41) is 1.02. The Hall–Kier alpha value is -2.96. The molecule has 0 aliphatic heterocycles. The van der Waals surface area contributed by atoms with E-state index in [0.717, 1.165) is 21.8 Å². The highest BCUT2D eigenvalue weighted by atomic mass is 32.1. The van der Waals surface area contributed by atoms with Gasteiger partial charge in [-0.25, -0.2) is 4.98 Å². The molecule has 0 N–H and O–H groups in total. The number of thiazole rings is 1. The van der Waals surface area contributed by atoms with Gasteiger partial charge in [0.15, 0.2) is 0 Å². The van der Waals surface area contributed by atoms with Crippen LogP contribution in [0.2, 0.25) is 0 Å². The van der Waals surface area contributed by atoms with E-state index in [0.29, 0.717) is 26.2 Å². The molecule has 4 aromatic rings. The van der Waals surface area contributed by atoms with Gasteiger partial charge >= 0.3 is 0 Å². The van der Waals surface area contributed by atoms with Crippen molar-refractivity contribution in [3.05, 3.63) is 89.3 Å². The first-order valence-electron chi connectivity index (χ1n) is 9.54. The van der Waals surface area contributed by atoms with Crippen LogP contribution < -0.4 is 0 Å². The highest BCUT2D eigenvalue weighted by Gasteiger charge is 2.18. The fraction of sp³-hybridized carbons (Fsp3) is 0.217. The number of fused-ring (bicyclic) bond motifs is 1. The van der Waals surface area contributed by atoms with E-state index < -0.39 is 0 Å². The molecular formula is C23H23N3O2S. The van der Waals surface area contributed by atoms with Crippen LogP contribution in [0.15, 0.2) is 77.4 Å². The first-order valence-corrected chi connectivity index (χ1v) is 10.4. The smallest absolute Gasteiger partial charge is 0.237 e. The molecule has 6 heteroatoms. The van der Waals surface area contributed by atoms with Crippen molar-refractivity contribution in [3.63, 3.8) is 0 Å². The minimum Gasteiger partial charge on any atom is -0.467 e. The second-order valence-electron chi connectivity index (χ2n) is 7.06. The molecule has 0 aliphatic rings. The van der Waals surface area contributed by atoms with Gasteiger partial charge in [-0.2, -0.15) is 0 Å². The number of carbonyl (C=O) groups excluding carboxylic acids is 1. The quantitative estimate of drug-likeness (QED) is 0.432. The lowest BCUT2D eigenvalue weighted by Gasteiger charge is -2.24. The van der Waals surface area contributed by atoms with E-state index in [-0.39, 0.29) is 5.91 Å². The molecule has 0 atom stereocenters.